The Hall–Kier alpha value is -3.45. The van der Waals surface area contributed by atoms with Gasteiger partial charge in [-0.15, -0.1) is 0 Å². The van der Waals surface area contributed by atoms with Gasteiger partial charge in [0.1, 0.15) is 17.7 Å². The molecular weight excluding hydrogens is 555 g/mol. The molecule has 0 aliphatic carbocycles. The van der Waals surface area contributed by atoms with Crippen molar-refractivity contribution in [3.8, 4) is 16.9 Å². The number of aliphatic carboxylic acids is 1. The Balaban J connectivity index is 1.56. The molecule has 0 spiro atoms. The molecule has 2 aromatic carbocycles. The quantitative estimate of drug-likeness (QED) is 0.293. The molecule has 0 amide bonds. The summed E-state index contributed by atoms with van der Waals surface area (Å²) in [4.78, 5) is 20.0. The molecule has 1 unspecified atom stereocenters. The number of piperidine rings is 1. The van der Waals surface area contributed by atoms with Gasteiger partial charge in [0.15, 0.2) is 6.10 Å². The summed E-state index contributed by atoms with van der Waals surface area (Å²) >= 11 is 0. The molecule has 44 heavy (non-hydrogen) atoms. The van der Waals surface area contributed by atoms with Crippen molar-refractivity contribution in [2.24, 2.45) is 5.41 Å². The molecule has 1 saturated heterocycles. The topological polar surface area (TPSA) is 71.9 Å². The molecule has 5 rings (SSSR count). The first-order valence-electron chi connectivity index (χ1n) is 15.8. The molecule has 7 heteroatoms. The SMILES string of the molecule is Cc1ccc(C[C@@H]2CCc3cc(-c4c(C)nc(C)c(C(OC(C)(C)C)C(=O)O)c4N4CCC(C)(C)CC4)ccc3O2)c(F)c1. The van der Waals surface area contributed by atoms with Crippen LogP contribution in [0.1, 0.15) is 93.6 Å². The van der Waals surface area contributed by atoms with E-state index in [0.717, 1.165) is 78.2 Å². The van der Waals surface area contributed by atoms with E-state index in [9.17, 15) is 14.3 Å². The van der Waals surface area contributed by atoms with Crippen molar-refractivity contribution >= 4 is 11.7 Å². The first-order valence-corrected chi connectivity index (χ1v) is 15.8. The van der Waals surface area contributed by atoms with Crippen LogP contribution in [0, 0.1) is 32.0 Å². The highest BCUT2D eigenvalue weighted by atomic mass is 19.1. The summed E-state index contributed by atoms with van der Waals surface area (Å²) < 4.78 is 27.2. The minimum Gasteiger partial charge on any atom is -0.490 e. The highest BCUT2D eigenvalue weighted by Crippen LogP contribution is 2.46. The summed E-state index contributed by atoms with van der Waals surface area (Å²) in [6.07, 6.45) is 2.88. The molecule has 6 nitrogen and oxygen atoms in total. The molecule has 3 aromatic rings. The summed E-state index contributed by atoms with van der Waals surface area (Å²) in [5.41, 5.74) is 7.24. The maximum absolute atomic E-state index is 14.6. The highest BCUT2D eigenvalue weighted by molar-refractivity contribution is 5.88. The van der Waals surface area contributed by atoms with Crippen LogP contribution in [0.5, 0.6) is 5.75 Å². The van der Waals surface area contributed by atoms with Crippen LogP contribution in [0.2, 0.25) is 0 Å². The van der Waals surface area contributed by atoms with E-state index in [4.69, 9.17) is 14.5 Å². The number of nitrogens with zero attached hydrogens (tertiary/aromatic N) is 2. The summed E-state index contributed by atoms with van der Waals surface area (Å²) in [6, 6.07) is 11.6. The zero-order chi connectivity index (χ0) is 32.0. The van der Waals surface area contributed by atoms with Crippen LogP contribution in [-0.4, -0.2) is 40.9 Å². The van der Waals surface area contributed by atoms with E-state index in [1.54, 1.807) is 6.07 Å². The second kappa shape index (κ2) is 12.2. The smallest absolute Gasteiger partial charge is 0.337 e. The Morgan fingerprint density at radius 3 is 2.45 bits per heavy atom. The fourth-order valence-electron chi connectivity index (χ4n) is 6.56. The molecule has 1 N–H and O–H groups in total. The van der Waals surface area contributed by atoms with Gasteiger partial charge in [-0.05, 0) is 113 Å². The van der Waals surface area contributed by atoms with Crippen LogP contribution in [0.4, 0.5) is 10.1 Å². The van der Waals surface area contributed by atoms with E-state index in [1.165, 1.54) is 0 Å². The number of pyridine rings is 1. The number of hydrogen-bond donors (Lipinski definition) is 1. The van der Waals surface area contributed by atoms with Gasteiger partial charge in [0, 0.05) is 42.0 Å². The minimum atomic E-state index is -1.16. The Kier molecular flexibility index (Phi) is 8.83. The number of anilines is 1. The average molecular weight is 603 g/mol. The van der Waals surface area contributed by atoms with Crippen LogP contribution >= 0.6 is 0 Å². The summed E-state index contributed by atoms with van der Waals surface area (Å²) in [5.74, 6) is -0.388. The molecule has 236 valence electrons. The zero-order valence-electron chi connectivity index (χ0n) is 27.5. The number of carbonyl (C=O) groups is 1. The molecule has 0 saturated carbocycles. The first-order chi connectivity index (χ1) is 20.6. The number of hydrogen-bond acceptors (Lipinski definition) is 5. The second-order valence-corrected chi connectivity index (χ2v) is 14.4. The van der Waals surface area contributed by atoms with Crippen molar-refractivity contribution in [1.29, 1.82) is 0 Å². The summed E-state index contributed by atoms with van der Waals surface area (Å²) in [5, 5.41) is 10.5. The molecular formula is C37H47FN2O4. The van der Waals surface area contributed by atoms with E-state index in [2.05, 4.69) is 30.9 Å². The van der Waals surface area contributed by atoms with Crippen LogP contribution in [0.25, 0.3) is 11.1 Å². The normalized spacial score (nSPS) is 18.8. The van der Waals surface area contributed by atoms with Gasteiger partial charge in [-0.25, -0.2) is 9.18 Å². The van der Waals surface area contributed by atoms with Crippen LogP contribution in [0.15, 0.2) is 36.4 Å². The maximum atomic E-state index is 14.6. The fraction of sp³-hybridized carbons (Fsp3) is 0.514. The van der Waals surface area contributed by atoms with Gasteiger partial charge >= 0.3 is 5.97 Å². The maximum Gasteiger partial charge on any atom is 0.337 e. The third-order valence-corrected chi connectivity index (χ3v) is 9.00. The number of aromatic nitrogens is 1. The van der Waals surface area contributed by atoms with Crippen LogP contribution in [0.3, 0.4) is 0 Å². The van der Waals surface area contributed by atoms with Gasteiger partial charge in [-0.1, -0.05) is 32.0 Å². The van der Waals surface area contributed by atoms with Gasteiger partial charge in [0.25, 0.3) is 0 Å². The summed E-state index contributed by atoms with van der Waals surface area (Å²) in [7, 11) is 0. The van der Waals surface area contributed by atoms with E-state index < -0.39 is 17.7 Å². The monoisotopic (exact) mass is 602 g/mol. The van der Waals surface area contributed by atoms with Gasteiger partial charge in [-0.3, -0.25) is 4.98 Å². The lowest BCUT2D eigenvalue weighted by atomic mass is 9.81. The third kappa shape index (κ3) is 6.93. The lowest BCUT2D eigenvalue weighted by Crippen LogP contribution is -2.39. The van der Waals surface area contributed by atoms with Crippen LogP contribution in [-0.2, 0) is 22.4 Å². The summed E-state index contributed by atoms with van der Waals surface area (Å²) in [6.45, 7) is 17.7. The Morgan fingerprint density at radius 1 is 1.11 bits per heavy atom. The van der Waals surface area contributed by atoms with Gasteiger partial charge in [0.2, 0.25) is 0 Å². The number of aryl methyl sites for hydroxylation is 4. The number of fused-ring (bicyclic) bond motifs is 1. The Bertz CT molecular complexity index is 1550. The van der Waals surface area contributed by atoms with Crippen LogP contribution < -0.4 is 9.64 Å². The molecule has 2 atom stereocenters. The number of carboxylic acid groups (broad SMARTS) is 1. The lowest BCUT2D eigenvalue weighted by Gasteiger charge is -2.41. The average Bonchev–Trinajstić information content (AvgIpc) is 2.92. The highest BCUT2D eigenvalue weighted by Gasteiger charge is 2.36. The number of carboxylic acids is 1. The molecule has 0 radical (unpaired) electrons. The number of rotatable bonds is 7. The predicted molar refractivity (Wildman–Crippen MR) is 173 cm³/mol. The van der Waals surface area contributed by atoms with Crippen molar-refractivity contribution in [1.82, 2.24) is 4.98 Å². The number of benzene rings is 2. The van der Waals surface area contributed by atoms with Gasteiger partial charge in [-0.2, -0.15) is 0 Å². The molecule has 1 aromatic heterocycles. The van der Waals surface area contributed by atoms with E-state index in [-0.39, 0.29) is 17.3 Å². The third-order valence-electron chi connectivity index (χ3n) is 9.00. The van der Waals surface area contributed by atoms with Crippen molar-refractivity contribution in [3.05, 3.63) is 75.9 Å². The van der Waals surface area contributed by atoms with E-state index in [1.807, 2.05) is 59.7 Å². The fourth-order valence-corrected chi connectivity index (χ4v) is 6.56. The largest absolute Gasteiger partial charge is 0.490 e. The number of halogens is 1. The second-order valence-electron chi connectivity index (χ2n) is 14.4. The zero-order valence-corrected chi connectivity index (χ0v) is 27.5. The Labute approximate surface area is 261 Å². The molecule has 2 aliphatic heterocycles. The molecule has 2 aliphatic rings. The number of ether oxygens (including phenoxy) is 2. The lowest BCUT2D eigenvalue weighted by molar-refractivity contribution is -0.160. The molecule has 3 heterocycles. The van der Waals surface area contributed by atoms with Gasteiger partial charge < -0.3 is 19.5 Å². The predicted octanol–water partition coefficient (Wildman–Crippen LogP) is 8.32. The van der Waals surface area contributed by atoms with Crippen molar-refractivity contribution in [3.63, 3.8) is 0 Å². The van der Waals surface area contributed by atoms with Crippen molar-refractivity contribution in [2.45, 2.75) is 105 Å². The van der Waals surface area contributed by atoms with Gasteiger partial charge in [0.05, 0.1) is 11.3 Å². The molecule has 1 fully saturated rings. The minimum absolute atomic E-state index is 0.0990. The van der Waals surface area contributed by atoms with Crippen molar-refractivity contribution < 1.29 is 23.8 Å². The van der Waals surface area contributed by atoms with Crippen molar-refractivity contribution in [2.75, 3.05) is 18.0 Å². The first kappa shape index (κ1) is 32.0. The molecule has 0 bridgehead atoms. The van der Waals surface area contributed by atoms with E-state index in [0.29, 0.717) is 23.2 Å². The Morgan fingerprint density at radius 2 is 1.82 bits per heavy atom. The van der Waals surface area contributed by atoms with E-state index >= 15 is 0 Å². The standard InChI is InChI=1S/C37H47FN2O4/c1-22-9-10-25(29(38)19-22)21-28-13-11-26-20-27(12-14-30(26)43-28)31-23(2)39-24(3)32(34(35(41)42)44-36(4,5)6)33(31)40-17-15-37(7,8)16-18-40/h9-10,12,14,19-20,28,34H,11,13,15-18,21H2,1-8H3,(H,41,42)/t28-,34?/m0/s1.